The van der Waals surface area contributed by atoms with E-state index in [0.29, 0.717) is 5.69 Å². The zero-order valence-electron chi connectivity index (χ0n) is 11.2. The molecule has 1 fully saturated rings. The Morgan fingerprint density at radius 1 is 1.50 bits per heavy atom. The van der Waals surface area contributed by atoms with Crippen molar-refractivity contribution in [2.75, 3.05) is 19.6 Å². The lowest BCUT2D eigenvalue weighted by Crippen LogP contribution is -2.42. The number of aryl methyl sites for hydroxylation is 1. The molecule has 0 aliphatic carbocycles. The molecule has 0 bridgehead atoms. The maximum absolute atomic E-state index is 11.9. The summed E-state index contributed by atoms with van der Waals surface area (Å²) in [5.41, 5.74) is 1.70. The first-order valence-electron chi connectivity index (χ1n) is 6.66. The maximum atomic E-state index is 11.9. The van der Waals surface area contributed by atoms with Crippen LogP contribution in [0.15, 0.2) is 6.07 Å². The van der Waals surface area contributed by atoms with Crippen molar-refractivity contribution < 1.29 is 4.79 Å². The van der Waals surface area contributed by atoms with E-state index in [4.69, 9.17) is 0 Å². The summed E-state index contributed by atoms with van der Waals surface area (Å²) in [6.07, 6.45) is 3.08. The van der Waals surface area contributed by atoms with Gasteiger partial charge in [0.1, 0.15) is 5.69 Å². The van der Waals surface area contributed by atoms with Crippen LogP contribution in [0.2, 0.25) is 0 Å². The highest BCUT2D eigenvalue weighted by atomic mass is 16.1. The number of piperidine rings is 1. The molecule has 2 heterocycles. The monoisotopic (exact) mass is 250 g/mol. The summed E-state index contributed by atoms with van der Waals surface area (Å²) in [7, 11) is 0. The highest BCUT2D eigenvalue weighted by molar-refractivity contribution is 5.92. The Labute approximate surface area is 108 Å². The van der Waals surface area contributed by atoms with E-state index in [2.05, 4.69) is 27.8 Å². The predicted octanol–water partition coefficient (Wildman–Crippen LogP) is 1.09. The van der Waals surface area contributed by atoms with E-state index in [0.717, 1.165) is 44.6 Å². The van der Waals surface area contributed by atoms with Crippen LogP contribution in [0.4, 0.5) is 0 Å². The number of carbonyl (C=O) groups is 1. The van der Waals surface area contributed by atoms with Gasteiger partial charge in [-0.1, -0.05) is 13.8 Å². The Morgan fingerprint density at radius 3 is 2.83 bits per heavy atom. The number of amides is 1. The van der Waals surface area contributed by atoms with Crippen LogP contribution in [0, 0.1) is 5.41 Å². The Bertz CT molecular complexity index is 407. The van der Waals surface area contributed by atoms with Crippen molar-refractivity contribution in [1.82, 2.24) is 20.8 Å². The van der Waals surface area contributed by atoms with Crippen molar-refractivity contribution in [2.45, 2.75) is 33.1 Å². The highest BCUT2D eigenvalue weighted by Crippen LogP contribution is 2.26. The molecule has 0 radical (unpaired) electrons. The second-order valence-corrected chi connectivity index (χ2v) is 5.38. The van der Waals surface area contributed by atoms with Crippen LogP contribution in [0.1, 0.15) is 42.9 Å². The van der Waals surface area contributed by atoms with Gasteiger partial charge in [-0.15, -0.1) is 0 Å². The molecule has 1 aromatic heterocycles. The van der Waals surface area contributed by atoms with Crippen LogP contribution in [0.3, 0.4) is 0 Å². The molecule has 2 rings (SSSR count). The first kappa shape index (κ1) is 13.1. The largest absolute Gasteiger partial charge is 0.350 e. The third-order valence-corrected chi connectivity index (χ3v) is 3.73. The summed E-state index contributed by atoms with van der Waals surface area (Å²) in [6.45, 7) is 7.06. The minimum absolute atomic E-state index is 0.0780. The number of nitrogens with one attached hydrogen (secondary N) is 3. The van der Waals surface area contributed by atoms with E-state index in [1.54, 1.807) is 0 Å². The van der Waals surface area contributed by atoms with Crippen molar-refractivity contribution in [2.24, 2.45) is 5.41 Å². The second kappa shape index (κ2) is 5.52. The van der Waals surface area contributed by atoms with Gasteiger partial charge in [0, 0.05) is 12.2 Å². The molecule has 0 atom stereocenters. The number of aromatic amines is 1. The fourth-order valence-corrected chi connectivity index (χ4v) is 2.25. The van der Waals surface area contributed by atoms with Crippen molar-refractivity contribution in [3.05, 3.63) is 17.5 Å². The van der Waals surface area contributed by atoms with Gasteiger partial charge >= 0.3 is 0 Å². The average Bonchev–Trinajstić information content (AvgIpc) is 2.86. The van der Waals surface area contributed by atoms with Crippen molar-refractivity contribution in [1.29, 1.82) is 0 Å². The lowest BCUT2D eigenvalue weighted by Gasteiger charge is -2.34. The quantitative estimate of drug-likeness (QED) is 0.749. The van der Waals surface area contributed by atoms with E-state index < -0.39 is 0 Å². The summed E-state index contributed by atoms with van der Waals surface area (Å²) in [5.74, 6) is -0.0780. The topological polar surface area (TPSA) is 69.8 Å². The molecular weight excluding hydrogens is 228 g/mol. The fourth-order valence-electron chi connectivity index (χ4n) is 2.25. The van der Waals surface area contributed by atoms with Gasteiger partial charge in [0.15, 0.2) is 0 Å². The molecule has 0 unspecified atom stereocenters. The van der Waals surface area contributed by atoms with Crippen LogP contribution in [0.25, 0.3) is 0 Å². The molecule has 1 amide bonds. The summed E-state index contributed by atoms with van der Waals surface area (Å²) >= 11 is 0. The minimum atomic E-state index is -0.0780. The lowest BCUT2D eigenvalue weighted by atomic mass is 9.81. The number of hydrogen-bond donors (Lipinski definition) is 3. The molecule has 100 valence electrons. The summed E-state index contributed by atoms with van der Waals surface area (Å²) in [4.78, 5) is 11.9. The number of hydrogen-bond acceptors (Lipinski definition) is 3. The van der Waals surface area contributed by atoms with Crippen LogP contribution in [-0.4, -0.2) is 35.7 Å². The molecule has 18 heavy (non-hydrogen) atoms. The van der Waals surface area contributed by atoms with E-state index in [1.165, 1.54) is 0 Å². The van der Waals surface area contributed by atoms with Gasteiger partial charge in [0.2, 0.25) is 0 Å². The smallest absolute Gasteiger partial charge is 0.271 e. The average molecular weight is 250 g/mol. The molecule has 0 aromatic carbocycles. The van der Waals surface area contributed by atoms with Crippen molar-refractivity contribution >= 4 is 5.91 Å². The molecule has 5 heteroatoms. The number of H-pyrrole nitrogens is 1. The summed E-state index contributed by atoms with van der Waals surface area (Å²) in [5, 5.41) is 13.2. The second-order valence-electron chi connectivity index (χ2n) is 5.38. The minimum Gasteiger partial charge on any atom is -0.350 e. The molecular formula is C13H22N4O. The van der Waals surface area contributed by atoms with Gasteiger partial charge in [0.05, 0.1) is 0 Å². The number of aromatic nitrogens is 2. The van der Waals surface area contributed by atoms with E-state index >= 15 is 0 Å². The van der Waals surface area contributed by atoms with Gasteiger partial charge in [-0.3, -0.25) is 9.89 Å². The van der Waals surface area contributed by atoms with Gasteiger partial charge in [-0.05, 0) is 43.8 Å². The Kier molecular flexibility index (Phi) is 4.01. The molecule has 0 saturated carbocycles. The standard InChI is InChI=1S/C13H22N4O/c1-3-10-8-11(17-16-10)12(18)15-9-13(2)4-6-14-7-5-13/h8,14H,3-7,9H2,1-2H3,(H,15,18)(H,16,17). The van der Waals surface area contributed by atoms with E-state index in [-0.39, 0.29) is 11.3 Å². The molecule has 5 nitrogen and oxygen atoms in total. The Balaban J connectivity index is 1.87. The molecule has 1 aliphatic rings. The van der Waals surface area contributed by atoms with Crippen LogP contribution in [-0.2, 0) is 6.42 Å². The van der Waals surface area contributed by atoms with Gasteiger partial charge in [-0.25, -0.2) is 0 Å². The van der Waals surface area contributed by atoms with Gasteiger partial charge < -0.3 is 10.6 Å². The first-order valence-corrected chi connectivity index (χ1v) is 6.66. The zero-order chi connectivity index (χ0) is 13.0. The molecule has 3 N–H and O–H groups in total. The fraction of sp³-hybridized carbons (Fsp3) is 0.692. The van der Waals surface area contributed by atoms with Crippen LogP contribution in [0.5, 0.6) is 0 Å². The van der Waals surface area contributed by atoms with Crippen LogP contribution >= 0.6 is 0 Å². The normalized spacial score (nSPS) is 18.6. The van der Waals surface area contributed by atoms with Crippen LogP contribution < -0.4 is 10.6 Å². The number of nitrogens with zero attached hydrogens (tertiary/aromatic N) is 1. The lowest BCUT2D eigenvalue weighted by molar-refractivity contribution is 0.0917. The van der Waals surface area contributed by atoms with Gasteiger partial charge in [0.25, 0.3) is 5.91 Å². The summed E-state index contributed by atoms with van der Waals surface area (Å²) in [6, 6.07) is 1.82. The Hall–Kier alpha value is -1.36. The SMILES string of the molecule is CCc1cc(C(=O)NCC2(C)CCNCC2)n[nH]1. The first-order chi connectivity index (χ1) is 8.63. The van der Waals surface area contributed by atoms with E-state index in [9.17, 15) is 4.79 Å². The highest BCUT2D eigenvalue weighted by Gasteiger charge is 2.27. The molecule has 1 aliphatic heterocycles. The van der Waals surface area contributed by atoms with Crippen molar-refractivity contribution in [3.8, 4) is 0 Å². The molecule has 1 aromatic rings. The molecule has 0 spiro atoms. The third kappa shape index (κ3) is 3.10. The number of carbonyl (C=O) groups excluding carboxylic acids is 1. The summed E-state index contributed by atoms with van der Waals surface area (Å²) < 4.78 is 0. The van der Waals surface area contributed by atoms with Gasteiger partial charge in [-0.2, -0.15) is 5.10 Å². The number of rotatable bonds is 4. The Morgan fingerprint density at radius 2 is 2.22 bits per heavy atom. The maximum Gasteiger partial charge on any atom is 0.271 e. The molecule has 1 saturated heterocycles. The third-order valence-electron chi connectivity index (χ3n) is 3.73. The van der Waals surface area contributed by atoms with Crippen molar-refractivity contribution in [3.63, 3.8) is 0 Å². The predicted molar refractivity (Wildman–Crippen MR) is 70.5 cm³/mol. The van der Waals surface area contributed by atoms with E-state index in [1.807, 2.05) is 13.0 Å². The zero-order valence-corrected chi connectivity index (χ0v) is 11.2.